The molecule has 0 radical (unpaired) electrons. The van der Waals surface area contributed by atoms with E-state index < -0.39 is 12.3 Å². The zero-order chi connectivity index (χ0) is 28.3. The number of hydrogen-bond donors (Lipinski definition) is 0. The number of benzene rings is 2. The third kappa shape index (κ3) is 7.49. The molecule has 2 atom stereocenters. The van der Waals surface area contributed by atoms with Gasteiger partial charge in [-0.1, -0.05) is 0 Å². The number of rotatable bonds is 10. The Morgan fingerprint density at radius 1 is 1.18 bits per heavy atom. The van der Waals surface area contributed by atoms with Crippen molar-refractivity contribution in [1.82, 2.24) is 9.80 Å². The van der Waals surface area contributed by atoms with E-state index in [-0.39, 0.29) is 23.7 Å². The number of anilines is 1. The molecular formula is C29H34FN7O3. The first-order valence-electron chi connectivity index (χ1n) is 13.2. The van der Waals surface area contributed by atoms with Crippen LogP contribution >= 0.6 is 0 Å². The van der Waals surface area contributed by atoms with Crippen molar-refractivity contribution in [2.75, 3.05) is 64.4 Å². The van der Waals surface area contributed by atoms with Gasteiger partial charge in [-0.3, -0.25) is 9.69 Å². The SMILES string of the molecule is C=NC(=NC=Nc1ccc(N2CCN(CCOC)CC2)cc1)c1ccc(OC2CCN(C=O)C[C@H]2F)c(C#N)c1. The Morgan fingerprint density at radius 3 is 2.60 bits per heavy atom. The summed E-state index contributed by atoms with van der Waals surface area (Å²) >= 11 is 0. The van der Waals surface area contributed by atoms with Crippen LogP contribution in [-0.2, 0) is 9.53 Å². The van der Waals surface area contributed by atoms with Crippen LogP contribution in [0.4, 0.5) is 15.8 Å². The van der Waals surface area contributed by atoms with Gasteiger partial charge in [0, 0.05) is 64.0 Å². The van der Waals surface area contributed by atoms with Crippen LogP contribution in [0.25, 0.3) is 0 Å². The predicted molar refractivity (Wildman–Crippen MR) is 154 cm³/mol. The summed E-state index contributed by atoms with van der Waals surface area (Å²) in [6, 6.07) is 14.9. The smallest absolute Gasteiger partial charge is 0.209 e. The van der Waals surface area contributed by atoms with Crippen LogP contribution in [0, 0.1) is 11.3 Å². The van der Waals surface area contributed by atoms with Gasteiger partial charge in [0.05, 0.1) is 24.4 Å². The highest BCUT2D eigenvalue weighted by Gasteiger charge is 2.31. The number of methoxy groups -OCH3 is 1. The van der Waals surface area contributed by atoms with Crippen molar-refractivity contribution in [2.24, 2.45) is 15.0 Å². The van der Waals surface area contributed by atoms with Gasteiger partial charge in [0.2, 0.25) is 6.41 Å². The quantitative estimate of drug-likeness (QED) is 0.257. The number of piperidine rings is 1. The van der Waals surface area contributed by atoms with E-state index in [9.17, 15) is 14.4 Å². The Morgan fingerprint density at radius 2 is 1.95 bits per heavy atom. The molecule has 2 aromatic carbocycles. The summed E-state index contributed by atoms with van der Waals surface area (Å²) in [7, 11) is 1.73. The first-order chi connectivity index (χ1) is 19.5. The standard InChI is InChI=1S/C29H34FN7O3/c1-32-29(22-3-8-27(23(17-22)18-31)40-28-9-10-36(21-38)19-26(28)30)34-20-33-24-4-6-25(7-5-24)37-13-11-35(12-14-37)15-16-39-2/h3-8,17,20-21,26,28H,1,9-16,19H2,2H3/t26-,28?/m1/s1. The summed E-state index contributed by atoms with van der Waals surface area (Å²) in [6.07, 6.45) is 0.311. The maximum Gasteiger partial charge on any atom is 0.209 e. The van der Waals surface area contributed by atoms with Gasteiger partial charge in [-0.05, 0) is 49.2 Å². The number of carbonyl (C=O) groups is 1. The van der Waals surface area contributed by atoms with E-state index in [0.29, 0.717) is 24.9 Å². The van der Waals surface area contributed by atoms with Crippen LogP contribution in [0.2, 0.25) is 0 Å². The number of nitrogens with zero attached hydrogens (tertiary/aromatic N) is 7. The van der Waals surface area contributed by atoms with E-state index in [2.05, 4.69) is 49.7 Å². The van der Waals surface area contributed by atoms with Crippen molar-refractivity contribution >= 4 is 36.7 Å². The number of amidine groups is 1. The van der Waals surface area contributed by atoms with Crippen molar-refractivity contribution in [2.45, 2.75) is 18.7 Å². The van der Waals surface area contributed by atoms with Gasteiger partial charge in [0.1, 0.15) is 24.3 Å². The van der Waals surface area contributed by atoms with Crippen LogP contribution in [0.15, 0.2) is 57.4 Å². The molecule has 0 aliphatic carbocycles. The summed E-state index contributed by atoms with van der Waals surface area (Å²) in [5.41, 5.74) is 2.68. The first-order valence-corrected chi connectivity index (χ1v) is 13.2. The second-order valence-electron chi connectivity index (χ2n) is 9.58. The number of ether oxygens (including phenoxy) is 2. The average Bonchev–Trinajstić information content (AvgIpc) is 3.00. The number of carbonyl (C=O) groups excluding carboxylic acids is 1. The topological polar surface area (TPSA) is 106 Å². The molecule has 1 unspecified atom stereocenters. The number of likely N-dealkylation sites (tertiary alicyclic amines) is 1. The number of amides is 1. The van der Waals surface area contributed by atoms with Crippen molar-refractivity contribution < 1.29 is 18.7 Å². The highest BCUT2D eigenvalue weighted by Crippen LogP contribution is 2.26. The maximum absolute atomic E-state index is 14.4. The van der Waals surface area contributed by atoms with E-state index in [1.54, 1.807) is 25.3 Å². The van der Waals surface area contributed by atoms with Gasteiger partial charge in [-0.2, -0.15) is 5.26 Å². The van der Waals surface area contributed by atoms with E-state index in [0.717, 1.165) is 50.7 Å². The molecule has 0 bridgehead atoms. The molecular weight excluding hydrogens is 513 g/mol. The lowest BCUT2D eigenvalue weighted by atomic mass is 10.1. The van der Waals surface area contributed by atoms with E-state index in [4.69, 9.17) is 9.47 Å². The maximum atomic E-state index is 14.4. The molecule has 1 amide bonds. The molecule has 10 nitrogen and oxygen atoms in total. The number of halogens is 1. The molecule has 2 saturated heterocycles. The van der Waals surface area contributed by atoms with E-state index in [1.165, 1.54) is 11.2 Å². The average molecular weight is 548 g/mol. The summed E-state index contributed by atoms with van der Waals surface area (Å²) in [5, 5.41) is 9.66. The summed E-state index contributed by atoms with van der Waals surface area (Å²) in [4.78, 5) is 29.8. The number of nitriles is 1. The van der Waals surface area contributed by atoms with Crippen LogP contribution < -0.4 is 9.64 Å². The minimum atomic E-state index is -1.33. The largest absolute Gasteiger partial charge is 0.486 e. The van der Waals surface area contributed by atoms with Crippen molar-refractivity contribution in [1.29, 1.82) is 5.26 Å². The number of aliphatic imine (C=N–C) groups is 3. The van der Waals surface area contributed by atoms with Crippen molar-refractivity contribution in [3.63, 3.8) is 0 Å². The first kappa shape index (κ1) is 28.9. The monoisotopic (exact) mass is 547 g/mol. The summed E-state index contributed by atoms with van der Waals surface area (Å²) in [6.45, 7) is 9.62. The molecule has 11 heteroatoms. The Bertz CT molecular complexity index is 1250. The van der Waals surface area contributed by atoms with Crippen LogP contribution in [-0.4, -0.2) is 107 Å². The Balaban J connectivity index is 1.37. The fraction of sp³-hybridized carbons (Fsp3) is 0.414. The molecule has 2 aliphatic rings. The van der Waals surface area contributed by atoms with Gasteiger partial charge in [-0.25, -0.2) is 19.4 Å². The van der Waals surface area contributed by atoms with Gasteiger partial charge >= 0.3 is 0 Å². The molecule has 4 rings (SSSR count). The van der Waals surface area contributed by atoms with E-state index >= 15 is 0 Å². The molecule has 0 aromatic heterocycles. The molecule has 2 heterocycles. The van der Waals surface area contributed by atoms with Gasteiger partial charge < -0.3 is 19.3 Å². The molecule has 210 valence electrons. The van der Waals surface area contributed by atoms with Crippen LogP contribution in [0.3, 0.4) is 0 Å². The Kier molecular flexibility index (Phi) is 10.3. The summed E-state index contributed by atoms with van der Waals surface area (Å²) in [5.74, 6) is 0.560. The Hall–Kier alpha value is -4.14. The molecule has 0 spiro atoms. The minimum absolute atomic E-state index is 0.0281. The van der Waals surface area contributed by atoms with Crippen LogP contribution in [0.1, 0.15) is 17.5 Å². The third-order valence-electron chi connectivity index (χ3n) is 7.03. The molecule has 0 saturated carbocycles. The second kappa shape index (κ2) is 14.3. The third-order valence-corrected chi connectivity index (χ3v) is 7.03. The molecule has 0 N–H and O–H groups in total. The van der Waals surface area contributed by atoms with Crippen molar-refractivity contribution in [3.8, 4) is 11.8 Å². The normalized spacial score (nSPS) is 20.4. The lowest BCUT2D eigenvalue weighted by Gasteiger charge is -2.36. The number of piperazine rings is 1. The van der Waals surface area contributed by atoms with Crippen molar-refractivity contribution in [3.05, 3.63) is 53.6 Å². The molecule has 2 fully saturated rings. The zero-order valence-corrected chi connectivity index (χ0v) is 22.7. The molecule has 2 aliphatic heterocycles. The number of hydrogen-bond acceptors (Lipinski definition) is 7. The second-order valence-corrected chi connectivity index (χ2v) is 9.58. The highest BCUT2D eigenvalue weighted by atomic mass is 19.1. The number of alkyl halides is 1. The highest BCUT2D eigenvalue weighted by molar-refractivity contribution is 6.05. The predicted octanol–water partition coefficient (Wildman–Crippen LogP) is 3.08. The summed E-state index contributed by atoms with van der Waals surface area (Å²) < 4.78 is 25.4. The van der Waals surface area contributed by atoms with Crippen LogP contribution in [0.5, 0.6) is 5.75 Å². The Labute approximate surface area is 234 Å². The fourth-order valence-electron chi connectivity index (χ4n) is 4.71. The molecule has 40 heavy (non-hydrogen) atoms. The molecule has 2 aromatic rings. The fourth-order valence-corrected chi connectivity index (χ4v) is 4.71. The van der Waals surface area contributed by atoms with Gasteiger partial charge in [0.25, 0.3) is 0 Å². The van der Waals surface area contributed by atoms with E-state index in [1.807, 2.05) is 12.1 Å². The van der Waals surface area contributed by atoms with Gasteiger partial charge in [0.15, 0.2) is 12.0 Å². The lowest BCUT2D eigenvalue weighted by Crippen LogP contribution is -2.47. The van der Waals surface area contributed by atoms with Gasteiger partial charge in [-0.15, -0.1) is 0 Å². The zero-order valence-electron chi connectivity index (χ0n) is 22.7. The minimum Gasteiger partial charge on any atom is -0.486 e. The lowest BCUT2D eigenvalue weighted by molar-refractivity contribution is -0.121.